The van der Waals surface area contributed by atoms with Gasteiger partial charge in [0.1, 0.15) is 0 Å². The van der Waals surface area contributed by atoms with Crippen molar-refractivity contribution in [3.8, 4) is 18.4 Å². The third kappa shape index (κ3) is 1.26. The maximum absolute atomic E-state index is 11.2. The fourth-order valence-electron chi connectivity index (χ4n) is 1.14. The Labute approximate surface area is 71.3 Å². The number of carbonyl (C=O) groups excluding carboxylic acids is 1. The summed E-state index contributed by atoms with van der Waals surface area (Å²) in [7, 11) is 0. The quantitative estimate of drug-likeness (QED) is 0.448. The van der Waals surface area contributed by atoms with E-state index in [1.807, 2.05) is 6.07 Å². The normalized spacial score (nSPS) is 18.2. The number of hydrogen-bond acceptors (Lipinski definition) is 3. The summed E-state index contributed by atoms with van der Waals surface area (Å²) in [5.41, 5.74) is -0.878. The van der Waals surface area contributed by atoms with Gasteiger partial charge in [0.2, 0.25) is 0 Å². The van der Waals surface area contributed by atoms with Crippen molar-refractivity contribution in [1.29, 1.82) is 5.26 Å². The van der Waals surface area contributed by atoms with Crippen LogP contribution in [0.25, 0.3) is 0 Å². The highest BCUT2D eigenvalue weighted by atomic mass is 16.5. The minimum absolute atomic E-state index is 0.0394. The number of esters is 1. The van der Waals surface area contributed by atoms with Crippen LogP contribution in [0, 0.1) is 29.1 Å². The zero-order chi connectivity index (χ0) is 9.03. The van der Waals surface area contributed by atoms with E-state index < -0.39 is 11.4 Å². The lowest BCUT2D eigenvalue weighted by atomic mass is 9.70. The molecule has 62 valence electrons. The second-order valence-electron chi connectivity index (χ2n) is 2.83. The maximum atomic E-state index is 11.2. The van der Waals surface area contributed by atoms with Crippen LogP contribution in [0.15, 0.2) is 0 Å². The van der Waals surface area contributed by atoms with Crippen molar-refractivity contribution in [1.82, 2.24) is 0 Å². The summed E-state index contributed by atoms with van der Waals surface area (Å²) in [6.07, 6.45) is 7.03. The molecule has 12 heavy (non-hydrogen) atoms. The zero-order valence-corrected chi connectivity index (χ0v) is 6.67. The standard InChI is InChI=1S/C9H9NO2/c1-2-6-12-8(11)9(7-10)4-3-5-9/h1H,3-6H2. The molecule has 0 aromatic heterocycles. The van der Waals surface area contributed by atoms with Gasteiger partial charge in [0, 0.05) is 0 Å². The largest absolute Gasteiger partial charge is 0.451 e. The summed E-state index contributed by atoms with van der Waals surface area (Å²) in [6, 6.07) is 1.98. The highest BCUT2D eigenvalue weighted by Gasteiger charge is 2.46. The predicted molar refractivity (Wildman–Crippen MR) is 41.7 cm³/mol. The van der Waals surface area contributed by atoms with Gasteiger partial charge in [-0.1, -0.05) is 5.92 Å². The number of ether oxygens (including phenoxy) is 1. The van der Waals surface area contributed by atoms with Crippen LogP contribution < -0.4 is 0 Å². The first-order chi connectivity index (χ1) is 5.75. The summed E-state index contributed by atoms with van der Waals surface area (Å²) in [6.45, 7) is -0.0394. The van der Waals surface area contributed by atoms with Gasteiger partial charge >= 0.3 is 5.97 Å². The molecule has 0 aromatic rings. The smallest absolute Gasteiger partial charge is 0.327 e. The Balaban J connectivity index is 2.52. The van der Waals surface area contributed by atoms with Crippen molar-refractivity contribution >= 4 is 5.97 Å². The van der Waals surface area contributed by atoms with Gasteiger partial charge in [0.15, 0.2) is 12.0 Å². The van der Waals surface area contributed by atoms with Crippen LogP contribution in [0.5, 0.6) is 0 Å². The van der Waals surface area contributed by atoms with Gasteiger partial charge in [-0.3, -0.25) is 4.79 Å². The molecule has 0 radical (unpaired) electrons. The molecule has 1 saturated carbocycles. The Morgan fingerprint density at radius 3 is 2.67 bits per heavy atom. The molecule has 1 aliphatic rings. The molecule has 0 amide bonds. The van der Waals surface area contributed by atoms with Crippen molar-refractivity contribution in [2.75, 3.05) is 6.61 Å². The predicted octanol–water partition coefficient (Wildman–Crippen LogP) is 0.857. The molecule has 0 atom stereocenters. The SMILES string of the molecule is C#CCOC(=O)C1(C#N)CCC1. The van der Waals surface area contributed by atoms with Gasteiger partial charge in [0.25, 0.3) is 0 Å². The molecular weight excluding hydrogens is 154 g/mol. The van der Waals surface area contributed by atoms with Gasteiger partial charge in [-0.05, 0) is 19.3 Å². The Morgan fingerprint density at radius 2 is 2.33 bits per heavy atom. The Morgan fingerprint density at radius 1 is 1.67 bits per heavy atom. The maximum Gasteiger partial charge on any atom is 0.327 e. The lowest BCUT2D eigenvalue weighted by molar-refractivity contribution is -0.155. The minimum atomic E-state index is -0.878. The van der Waals surface area contributed by atoms with E-state index in [1.165, 1.54) is 0 Å². The third-order valence-corrected chi connectivity index (χ3v) is 2.10. The number of carbonyl (C=O) groups is 1. The lowest BCUT2D eigenvalue weighted by Gasteiger charge is -2.31. The van der Waals surface area contributed by atoms with Gasteiger partial charge < -0.3 is 4.74 Å². The molecule has 1 rings (SSSR count). The van der Waals surface area contributed by atoms with Gasteiger partial charge in [-0.25, -0.2) is 0 Å². The number of hydrogen-bond donors (Lipinski definition) is 0. The summed E-state index contributed by atoms with van der Waals surface area (Å²) >= 11 is 0. The molecule has 3 nitrogen and oxygen atoms in total. The van der Waals surface area contributed by atoms with Crippen LogP contribution in [-0.4, -0.2) is 12.6 Å². The van der Waals surface area contributed by atoms with Crippen LogP contribution in [0.1, 0.15) is 19.3 Å². The summed E-state index contributed by atoms with van der Waals surface area (Å²) in [4.78, 5) is 11.2. The van der Waals surface area contributed by atoms with Crippen molar-refractivity contribution in [2.45, 2.75) is 19.3 Å². The average molecular weight is 163 g/mol. The lowest BCUT2D eigenvalue weighted by Crippen LogP contribution is -2.38. The Bertz CT molecular complexity index is 265. The van der Waals surface area contributed by atoms with Crippen molar-refractivity contribution in [3.63, 3.8) is 0 Å². The molecule has 0 aromatic carbocycles. The van der Waals surface area contributed by atoms with E-state index in [2.05, 4.69) is 5.92 Å². The monoisotopic (exact) mass is 163 g/mol. The van der Waals surface area contributed by atoms with Crippen molar-refractivity contribution in [2.24, 2.45) is 5.41 Å². The summed E-state index contributed by atoms with van der Waals surface area (Å²) < 4.78 is 4.69. The van der Waals surface area contributed by atoms with Crippen LogP contribution in [0.3, 0.4) is 0 Å². The molecule has 1 fully saturated rings. The molecule has 0 heterocycles. The van der Waals surface area contributed by atoms with Crippen LogP contribution >= 0.6 is 0 Å². The van der Waals surface area contributed by atoms with E-state index in [0.717, 1.165) is 6.42 Å². The van der Waals surface area contributed by atoms with E-state index in [1.54, 1.807) is 0 Å². The molecule has 0 unspecified atom stereocenters. The van der Waals surface area contributed by atoms with E-state index in [0.29, 0.717) is 12.8 Å². The first-order valence-corrected chi connectivity index (χ1v) is 3.77. The highest BCUT2D eigenvalue weighted by Crippen LogP contribution is 2.41. The first-order valence-electron chi connectivity index (χ1n) is 3.77. The van der Waals surface area contributed by atoms with Crippen LogP contribution in [0.2, 0.25) is 0 Å². The summed E-state index contributed by atoms with van der Waals surface area (Å²) in [5, 5.41) is 8.70. The molecule has 1 aliphatic carbocycles. The third-order valence-electron chi connectivity index (χ3n) is 2.10. The van der Waals surface area contributed by atoms with E-state index in [9.17, 15) is 4.79 Å². The van der Waals surface area contributed by atoms with E-state index >= 15 is 0 Å². The van der Waals surface area contributed by atoms with Gasteiger partial charge in [-0.15, -0.1) is 6.42 Å². The molecule has 0 N–H and O–H groups in total. The Kier molecular flexibility index (Phi) is 2.35. The number of terminal acetylenes is 1. The topological polar surface area (TPSA) is 50.1 Å². The zero-order valence-electron chi connectivity index (χ0n) is 6.67. The van der Waals surface area contributed by atoms with Gasteiger partial charge in [0.05, 0.1) is 6.07 Å². The molecular formula is C9H9NO2. The fraction of sp³-hybridized carbons (Fsp3) is 0.556. The van der Waals surface area contributed by atoms with Crippen LogP contribution in [0.4, 0.5) is 0 Å². The highest BCUT2D eigenvalue weighted by molar-refractivity contribution is 5.81. The first kappa shape index (κ1) is 8.62. The molecule has 0 saturated heterocycles. The molecule has 3 heteroatoms. The number of rotatable bonds is 2. The second kappa shape index (κ2) is 3.28. The van der Waals surface area contributed by atoms with Crippen molar-refractivity contribution in [3.05, 3.63) is 0 Å². The molecule has 0 spiro atoms. The van der Waals surface area contributed by atoms with Gasteiger partial charge in [-0.2, -0.15) is 5.26 Å². The average Bonchev–Trinajstić information content (AvgIpc) is 2.00. The minimum Gasteiger partial charge on any atom is -0.451 e. The Hall–Kier alpha value is -1.48. The molecule has 0 bridgehead atoms. The number of nitriles is 1. The van der Waals surface area contributed by atoms with E-state index in [-0.39, 0.29) is 6.61 Å². The fourth-order valence-corrected chi connectivity index (χ4v) is 1.14. The summed E-state index contributed by atoms with van der Waals surface area (Å²) in [5.74, 6) is 1.73. The second-order valence-corrected chi connectivity index (χ2v) is 2.83. The van der Waals surface area contributed by atoms with E-state index in [4.69, 9.17) is 16.4 Å². The van der Waals surface area contributed by atoms with Crippen molar-refractivity contribution < 1.29 is 9.53 Å². The molecule has 0 aliphatic heterocycles. The van der Waals surface area contributed by atoms with Crippen LogP contribution in [-0.2, 0) is 9.53 Å². The number of nitrogens with zero attached hydrogens (tertiary/aromatic N) is 1.